The average Bonchev–Trinajstić information content (AvgIpc) is 2.96. The maximum absolute atomic E-state index is 5.29. The minimum Gasteiger partial charge on any atom is -0.469 e. The van der Waals surface area contributed by atoms with Gasteiger partial charge in [-0.25, -0.2) is 0 Å². The molecule has 1 atom stereocenters. The molecule has 2 heterocycles. The molecule has 16 heavy (non-hydrogen) atoms. The molecule has 0 saturated heterocycles. The summed E-state index contributed by atoms with van der Waals surface area (Å²) in [7, 11) is 0. The van der Waals surface area contributed by atoms with Crippen molar-refractivity contribution in [3.05, 3.63) is 42.1 Å². The summed E-state index contributed by atoms with van der Waals surface area (Å²) in [6.45, 7) is 3.04. The van der Waals surface area contributed by atoms with Crippen molar-refractivity contribution in [3.8, 4) is 0 Å². The van der Waals surface area contributed by atoms with Crippen LogP contribution in [0.1, 0.15) is 24.7 Å². The summed E-state index contributed by atoms with van der Waals surface area (Å²) in [5.74, 6) is 1.05. The molecular formula is C12H17N3O. The van der Waals surface area contributed by atoms with Crippen LogP contribution in [0.4, 0.5) is 0 Å². The van der Waals surface area contributed by atoms with Crippen molar-refractivity contribution < 1.29 is 4.42 Å². The Hall–Kier alpha value is -1.55. The lowest BCUT2D eigenvalue weighted by molar-refractivity contribution is 0.460. The SMILES string of the molecule is CC(CCc1ccco1)NCc1cn[nH]c1. The summed E-state index contributed by atoms with van der Waals surface area (Å²) < 4.78 is 5.29. The van der Waals surface area contributed by atoms with Crippen molar-refractivity contribution >= 4 is 0 Å². The number of furan rings is 1. The first kappa shape index (κ1) is 11.0. The number of rotatable bonds is 6. The molecule has 0 aromatic carbocycles. The van der Waals surface area contributed by atoms with Crippen LogP contribution in [0.3, 0.4) is 0 Å². The van der Waals surface area contributed by atoms with E-state index < -0.39 is 0 Å². The van der Waals surface area contributed by atoms with Gasteiger partial charge in [-0.1, -0.05) is 0 Å². The number of hydrogen-bond donors (Lipinski definition) is 2. The van der Waals surface area contributed by atoms with Gasteiger partial charge in [0, 0.05) is 30.8 Å². The van der Waals surface area contributed by atoms with E-state index >= 15 is 0 Å². The van der Waals surface area contributed by atoms with Crippen LogP contribution in [0.15, 0.2) is 35.2 Å². The van der Waals surface area contributed by atoms with Gasteiger partial charge in [-0.05, 0) is 25.5 Å². The van der Waals surface area contributed by atoms with Crippen molar-refractivity contribution in [2.75, 3.05) is 0 Å². The normalized spacial score (nSPS) is 12.8. The average molecular weight is 219 g/mol. The highest BCUT2D eigenvalue weighted by Gasteiger charge is 2.04. The minimum atomic E-state index is 0.472. The fourth-order valence-corrected chi connectivity index (χ4v) is 1.58. The van der Waals surface area contributed by atoms with Gasteiger partial charge >= 0.3 is 0 Å². The van der Waals surface area contributed by atoms with Crippen LogP contribution >= 0.6 is 0 Å². The molecule has 0 fully saturated rings. The number of H-pyrrole nitrogens is 1. The summed E-state index contributed by atoms with van der Waals surface area (Å²) in [6, 6.07) is 4.42. The predicted molar refractivity (Wildman–Crippen MR) is 61.9 cm³/mol. The molecule has 0 aliphatic heterocycles. The smallest absolute Gasteiger partial charge is 0.103 e. The van der Waals surface area contributed by atoms with Crippen molar-refractivity contribution in [3.63, 3.8) is 0 Å². The fourth-order valence-electron chi connectivity index (χ4n) is 1.58. The third-order valence-corrected chi connectivity index (χ3v) is 2.61. The van der Waals surface area contributed by atoms with Gasteiger partial charge in [0.25, 0.3) is 0 Å². The maximum Gasteiger partial charge on any atom is 0.103 e. The van der Waals surface area contributed by atoms with Gasteiger partial charge in [-0.3, -0.25) is 5.10 Å². The van der Waals surface area contributed by atoms with Crippen LogP contribution in [0.2, 0.25) is 0 Å². The Kier molecular flexibility index (Phi) is 3.77. The van der Waals surface area contributed by atoms with Crippen molar-refractivity contribution in [2.24, 2.45) is 0 Å². The highest BCUT2D eigenvalue weighted by molar-refractivity contribution is 5.02. The van der Waals surface area contributed by atoms with E-state index in [9.17, 15) is 0 Å². The van der Waals surface area contributed by atoms with Crippen molar-refractivity contribution in [1.29, 1.82) is 0 Å². The maximum atomic E-state index is 5.29. The summed E-state index contributed by atoms with van der Waals surface area (Å²) >= 11 is 0. The number of aromatic nitrogens is 2. The number of aromatic amines is 1. The molecule has 0 saturated carbocycles. The Morgan fingerprint density at radius 2 is 2.50 bits per heavy atom. The number of hydrogen-bond acceptors (Lipinski definition) is 3. The molecule has 0 spiro atoms. The zero-order valence-electron chi connectivity index (χ0n) is 9.44. The van der Waals surface area contributed by atoms with Crippen LogP contribution < -0.4 is 5.32 Å². The highest BCUT2D eigenvalue weighted by Crippen LogP contribution is 2.06. The molecule has 2 aromatic heterocycles. The Balaban J connectivity index is 1.66. The van der Waals surface area contributed by atoms with Gasteiger partial charge in [0.2, 0.25) is 0 Å². The molecule has 0 bridgehead atoms. The second kappa shape index (κ2) is 5.51. The summed E-state index contributed by atoms with van der Waals surface area (Å²) in [5, 5.41) is 10.2. The van der Waals surface area contributed by atoms with Crippen LogP contribution in [-0.4, -0.2) is 16.2 Å². The zero-order valence-corrected chi connectivity index (χ0v) is 9.44. The predicted octanol–water partition coefficient (Wildman–Crippen LogP) is 2.11. The van der Waals surface area contributed by atoms with E-state index in [0.717, 1.165) is 25.1 Å². The van der Waals surface area contributed by atoms with E-state index in [-0.39, 0.29) is 0 Å². The van der Waals surface area contributed by atoms with E-state index in [1.54, 1.807) is 6.26 Å². The summed E-state index contributed by atoms with van der Waals surface area (Å²) in [5.41, 5.74) is 1.19. The monoisotopic (exact) mass is 219 g/mol. The molecule has 1 unspecified atom stereocenters. The van der Waals surface area contributed by atoms with Crippen molar-refractivity contribution in [2.45, 2.75) is 32.4 Å². The first-order chi connectivity index (χ1) is 7.84. The lowest BCUT2D eigenvalue weighted by Crippen LogP contribution is -2.25. The number of nitrogens with one attached hydrogen (secondary N) is 2. The van der Waals surface area contributed by atoms with Crippen LogP contribution in [0.5, 0.6) is 0 Å². The first-order valence-corrected chi connectivity index (χ1v) is 5.58. The van der Waals surface area contributed by atoms with Gasteiger partial charge in [-0.2, -0.15) is 5.10 Å². The third kappa shape index (κ3) is 3.24. The molecule has 0 radical (unpaired) electrons. The Morgan fingerprint density at radius 1 is 1.56 bits per heavy atom. The second-order valence-corrected chi connectivity index (χ2v) is 4.01. The molecular weight excluding hydrogens is 202 g/mol. The molecule has 2 aromatic rings. The molecule has 86 valence electrons. The van der Waals surface area contributed by atoms with E-state index in [1.165, 1.54) is 5.56 Å². The molecule has 4 nitrogen and oxygen atoms in total. The Labute approximate surface area is 95.1 Å². The van der Waals surface area contributed by atoms with E-state index in [1.807, 2.05) is 24.5 Å². The quantitative estimate of drug-likeness (QED) is 0.782. The molecule has 2 N–H and O–H groups in total. The van der Waals surface area contributed by atoms with Crippen LogP contribution in [0.25, 0.3) is 0 Å². The topological polar surface area (TPSA) is 53.9 Å². The number of aryl methyl sites for hydroxylation is 1. The highest BCUT2D eigenvalue weighted by atomic mass is 16.3. The number of nitrogens with zero attached hydrogens (tertiary/aromatic N) is 1. The van der Waals surface area contributed by atoms with Gasteiger partial charge in [-0.15, -0.1) is 0 Å². The lowest BCUT2D eigenvalue weighted by atomic mass is 10.1. The largest absolute Gasteiger partial charge is 0.469 e. The minimum absolute atomic E-state index is 0.472. The molecule has 4 heteroatoms. The second-order valence-electron chi connectivity index (χ2n) is 4.01. The molecule has 2 rings (SSSR count). The third-order valence-electron chi connectivity index (χ3n) is 2.61. The van der Waals surface area contributed by atoms with E-state index in [0.29, 0.717) is 6.04 Å². The molecule has 0 aliphatic carbocycles. The lowest BCUT2D eigenvalue weighted by Gasteiger charge is -2.11. The standard InChI is InChI=1S/C12H17N3O/c1-10(4-5-12-3-2-6-16-12)13-7-11-8-14-15-9-11/h2-3,6,8-10,13H,4-5,7H2,1H3,(H,14,15). The van der Waals surface area contributed by atoms with Gasteiger partial charge in [0.1, 0.15) is 5.76 Å². The van der Waals surface area contributed by atoms with Crippen molar-refractivity contribution in [1.82, 2.24) is 15.5 Å². The molecule has 0 aliphatic rings. The van der Waals surface area contributed by atoms with Crippen LogP contribution in [-0.2, 0) is 13.0 Å². The van der Waals surface area contributed by atoms with Crippen LogP contribution in [0, 0.1) is 0 Å². The van der Waals surface area contributed by atoms with Gasteiger partial charge < -0.3 is 9.73 Å². The van der Waals surface area contributed by atoms with Gasteiger partial charge in [0.15, 0.2) is 0 Å². The summed E-state index contributed by atoms with van der Waals surface area (Å²) in [4.78, 5) is 0. The van der Waals surface area contributed by atoms with E-state index in [2.05, 4.69) is 22.4 Å². The van der Waals surface area contributed by atoms with Gasteiger partial charge in [0.05, 0.1) is 12.5 Å². The zero-order chi connectivity index (χ0) is 11.2. The molecule has 0 amide bonds. The Morgan fingerprint density at radius 3 is 3.19 bits per heavy atom. The van der Waals surface area contributed by atoms with E-state index in [4.69, 9.17) is 4.42 Å². The summed E-state index contributed by atoms with van der Waals surface area (Å²) in [6.07, 6.45) is 7.52. The first-order valence-electron chi connectivity index (χ1n) is 5.58. The fraction of sp³-hybridized carbons (Fsp3) is 0.417. The Bertz CT molecular complexity index is 342.